The van der Waals surface area contributed by atoms with Gasteiger partial charge in [0.15, 0.2) is 0 Å². The van der Waals surface area contributed by atoms with E-state index >= 15 is 0 Å². The van der Waals surface area contributed by atoms with Gasteiger partial charge in [-0.25, -0.2) is 13.6 Å². The topological polar surface area (TPSA) is 88.6 Å². The van der Waals surface area contributed by atoms with E-state index in [4.69, 9.17) is 4.74 Å². The molecule has 0 spiro atoms. The first-order valence-corrected chi connectivity index (χ1v) is 10.7. The molecule has 170 valence electrons. The molecular weight excluding hydrogens is 428 g/mol. The van der Waals surface area contributed by atoms with E-state index in [2.05, 4.69) is 24.7 Å². The Hall–Kier alpha value is -2.37. The molecular formula is C20H27F2N5O3S. The van der Waals surface area contributed by atoms with E-state index in [1.807, 2.05) is 6.92 Å². The molecule has 2 aromatic rings. The summed E-state index contributed by atoms with van der Waals surface area (Å²) in [5.41, 5.74) is 1.53. The zero-order chi connectivity index (χ0) is 22.4. The Labute approximate surface area is 184 Å². The van der Waals surface area contributed by atoms with Crippen LogP contribution >= 0.6 is 11.5 Å². The molecule has 0 aliphatic carbocycles. The smallest absolute Gasteiger partial charge is 0.320 e. The van der Waals surface area contributed by atoms with Crippen molar-refractivity contribution in [2.75, 3.05) is 45.8 Å². The van der Waals surface area contributed by atoms with Gasteiger partial charge in [-0.05, 0) is 43.1 Å². The third-order valence-electron chi connectivity index (χ3n) is 5.06. The number of hydrogen-bond acceptors (Lipinski definition) is 7. The van der Waals surface area contributed by atoms with E-state index in [9.17, 15) is 13.6 Å². The average molecular weight is 456 g/mol. The molecule has 3 rings (SSSR count). The molecule has 2 amide bonds. The molecule has 0 radical (unpaired) electrons. The fourth-order valence-corrected chi connectivity index (χ4v) is 4.35. The van der Waals surface area contributed by atoms with Gasteiger partial charge < -0.3 is 14.8 Å². The number of alkyl halides is 2. The summed E-state index contributed by atoms with van der Waals surface area (Å²) in [6.07, 6.45) is 2.10. The summed E-state index contributed by atoms with van der Waals surface area (Å²) in [5, 5.41) is 6.41. The molecule has 1 saturated heterocycles. The molecule has 0 bridgehead atoms. The first kappa shape index (κ1) is 23.3. The van der Waals surface area contributed by atoms with Gasteiger partial charge >= 0.3 is 6.03 Å². The number of nitrogens with one attached hydrogen (secondary N) is 2. The number of ether oxygens (including phenoxy) is 2. The number of amides is 2. The monoisotopic (exact) mass is 455 g/mol. The summed E-state index contributed by atoms with van der Waals surface area (Å²) in [6.45, 7) is 1.57. The first-order chi connectivity index (χ1) is 14.8. The van der Waals surface area contributed by atoms with E-state index < -0.39 is 19.1 Å². The number of rotatable bonds is 8. The Balaban J connectivity index is 1.72. The second kappa shape index (κ2) is 10.3. The summed E-state index contributed by atoms with van der Waals surface area (Å²) >= 11 is 1.20. The molecule has 0 aromatic carbocycles. The second-order valence-corrected chi connectivity index (χ2v) is 8.38. The van der Waals surface area contributed by atoms with Crippen LogP contribution in [0.25, 0.3) is 0 Å². The van der Waals surface area contributed by atoms with Crippen LogP contribution in [0.1, 0.15) is 23.7 Å². The highest BCUT2D eigenvalue weighted by Gasteiger charge is 2.38. The van der Waals surface area contributed by atoms with Crippen molar-refractivity contribution in [2.24, 2.45) is 0 Å². The van der Waals surface area contributed by atoms with Crippen molar-refractivity contribution in [1.29, 1.82) is 0 Å². The van der Waals surface area contributed by atoms with Gasteiger partial charge in [0.2, 0.25) is 0 Å². The van der Waals surface area contributed by atoms with Gasteiger partial charge in [-0.3, -0.25) is 15.2 Å². The highest BCUT2D eigenvalue weighted by Crippen LogP contribution is 2.29. The second-order valence-electron chi connectivity index (χ2n) is 7.58. The molecule has 2 N–H and O–H groups in total. The quantitative estimate of drug-likeness (QED) is 0.636. The Morgan fingerprint density at radius 1 is 1.39 bits per heavy atom. The lowest BCUT2D eigenvalue weighted by molar-refractivity contribution is -0.0881. The summed E-state index contributed by atoms with van der Waals surface area (Å²) in [7, 11) is 2.81. The van der Waals surface area contributed by atoms with Crippen molar-refractivity contribution < 1.29 is 23.0 Å². The maximum Gasteiger partial charge on any atom is 0.320 e. The molecule has 1 fully saturated rings. The van der Waals surface area contributed by atoms with Crippen LogP contribution in [0, 0.1) is 6.92 Å². The van der Waals surface area contributed by atoms with Crippen molar-refractivity contribution in [2.45, 2.75) is 31.2 Å². The van der Waals surface area contributed by atoms with E-state index in [0.717, 1.165) is 5.69 Å². The minimum absolute atomic E-state index is 0.257. The third-order valence-corrected chi connectivity index (χ3v) is 5.86. The van der Waals surface area contributed by atoms with Crippen LogP contribution in [0.5, 0.6) is 5.75 Å². The van der Waals surface area contributed by atoms with Crippen LogP contribution in [-0.2, 0) is 4.74 Å². The molecule has 2 aromatic heterocycles. The minimum Gasteiger partial charge on any atom is -0.495 e. The van der Waals surface area contributed by atoms with Crippen LogP contribution in [0.4, 0.5) is 18.6 Å². The summed E-state index contributed by atoms with van der Waals surface area (Å²) in [4.78, 5) is 18.7. The largest absolute Gasteiger partial charge is 0.495 e. The summed E-state index contributed by atoms with van der Waals surface area (Å²) in [5.74, 6) is -2.60. The number of likely N-dealkylation sites (tertiary alicyclic amines) is 1. The lowest BCUT2D eigenvalue weighted by Gasteiger charge is -2.39. The van der Waals surface area contributed by atoms with Gasteiger partial charge in [-0.2, -0.15) is 4.37 Å². The molecule has 1 aliphatic rings. The first-order valence-electron chi connectivity index (χ1n) is 9.89. The number of methoxy groups -OCH3 is 2. The van der Waals surface area contributed by atoms with E-state index in [-0.39, 0.29) is 18.0 Å². The molecule has 1 aliphatic heterocycles. The normalized spacial score (nSPS) is 19.8. The number of aromatic nitrogens is 2. The number of urea groups is 1. The zero-order valence-electron chi connectivity index (χ0n) is 17.7. The maximum absolute atomic E-state index is 14.1. The molecule has 0 saturated carbocycles. The predicted octanol–water partition coefficient (Wildman–Crippen LogP) is 3.12. The van der Waals surface area contributed by atoms with Gasteiger partial charge in [-0.15, -0.1) is 0 Å². The predicted molar refractivity (Wildman–Crippen MR) is 114 cm³/mol. The fourth-order valence-electron chi connectivity index (χ4n) is 3.69. The number of halogens is 2. The van der Waals surface area contributed by atoms with Crippen LogP contribution in [0.2, 0.25) is 0 Å². The lowest BCUT2D eigenvalue weighted by atomic mass is 9.88. The number of anilines is 1. The Kier molecular flexibility index (Phi) is 7.74. The fraction of sp³-hybridized carbons (Fsp3) is 0.550. The van der Waals surface area contributed by atoms with Gasteiger partial charge in [-0.1, -0.05) is 0 Å². The number of nitrogens with zero attached hydrogens (tertiary/aromatic N) is 3. The van der Waals surface area contributed by atoms with Crippen LogP contribution in [0.15, 0.2) is 24.4 Å². The summed E-state index contributed by atoms with van der Waals surface area (Å²) < 4.78 is 42.2. The van der Waals surface area contributed by atoms with Crippen molar-refractivity contribution in [1.82, 2.24) is 19.6 Å². The van der Waals surface area contributed by atoms with Crippen LogP contribution in [0.3, 0.4) is 0 Å². The standard InChI is InChI=1S/C20H27F2N5O3S/c1-13-8-18(31-26-13)25-19(28)24-17-6-7-27(11-20(21,22)12-29-2)10-15(17)16-5-4-14(30-3)9-23-16/h4-5,8-9,15,17H,6-7,10-12H2,1-3H3,(H2,24,25,28). The Morgan fingerprint density at radius 2 is 2.19 bits per heavy atom. The minimum atomic E-state index is -2.95. The van der Waals surface area contributed by atoms with Crippen molar-refractivity contribution in [3.63, 3.8) is 0 Å². The van der Waals surface area contributed by atoms with Gasteiger partial charge in [0.25, 0.3) is 5.92 Å². The Bertz CT molecular complexity index is 865. The highest BCUT2D eigenvalue weighted by molar-refractivity contribution is 7.10. The number of piperidine rings is 1. The highest BCUT2D eigenvalue weighted by atomic mass is 32.1. The molecule has 3 heterocycles. The summed E-state index contributed by atoms with van der Waals surface area (Å²) in [6, 6.07) is 4.75. The van der Waals surface area contributed by atoms with Gasteiger partial charge in [0, 0.05) is 37.9 Å². The molecule has 31 heavy (non-hydrogen) atoms. The SMILES string of the molecule is COCC(F)(F)CN1CCC(NC(=O)Nc2cc(C)ns2)C(c2ccc(OC)cn2)C1. The van der Waals surface area contributed by atoms with E-state index in [0.29, 0.717) is 36.0 Å². The number of hydrogen-bond donors (Lipinski definition) is 2. The molecule has 2 unspecified atom stereocenters. The number of pyridine rings is 1. The lowest BCUT2D eigenvalue weighted by Crippen LogP contribution is -2.53. The van der Waals surface area contributed by atoms with E-state index in [1.165, 1.54) is 18.6 Å². The zero-order valence-corrected chi connectivity index (χ0v) is 18.5. The number of aryl methyl sites for hydroxylation is 1. The molecule has 8 nitrogen and oxygen atoms in total. The van der Waals surface area contributed by atoms with Gasteiger partial charge in [0.05, 0.1) is 25.5 Å². The maximum atomic E-state index is 14.1. The van der Waals surface area contributed by atoms with E-state index in [1.54, 1.807) is 36.4 Å². The van der Waals surface area contributed by atoms with Crippen LogP contribution < -0.4 is 15.4 Å². The number of carbonyl (C=O) groups excluding carboxylic acids is 1. The molecule has 2 atom stereocenters. The Morgan fingerprint density at radius 3 is 2.81 bits per heavy atom. The molecule has 11 heteroatoms. The van der Waals surface area contributed by atoms with Gasteiger partial charge in [0.1, 0.15) is 17.4 Å². The third kappa shape index (κ3) is 6.55. The van der Waals surface area contributed by atoms with Crippen LogP contribution in [-0.4, -0.2) is 72.7 Å². The van der Waals surface area contributed by atoms with Crippen molar-refractivity contribution in [3.8, 4) is 5.75 Å². The average Bonchev–Trinajstić information content (AvgIpc) is 3.13. The van der Waals surface area contributed by atoms with Crippen molar-refractivity contribution >= 4 is 22.6 Å². The van der Waals surface area contributed by atoms with Crippen molar-refractivity contribution in [3.05, 3.63) is 35.8 Å². The number of carbonyl (C=O) groups is 1.